The van der Waals surface area contributed by atoms with Crippen molar-refractivity contribution in [1.29, 1.82) is 0 Å². The smallest absolute Gasteiger partial charge is 0.306 e. The molecule has 0 fully saturated rings. The van der Waals surface area contributed by atoms with Gasteiger partial charge in [-0.3, -0.25) is 9.59 Å². The molecule has 0 radical (unpaired) electrons. The summed E-state index contributed by atoms with van der Waals surface area (Å²) in [5, 5.41) is 11.7. The Morgan fingerprint density at radius 3 is 1.19 bits per heavy atom. The van der Waals surface area contributed by atoms with Crippen molar-refractivity contribution in [1.82, 2.24) is 0 Å². The number of rotatable bonds is 52. The normalized spacial score (nSPS) is 13.3. The van der Waals surface area contributed by atoms with Crippen LogP contribution in [0.2, 0.25) is 0 Å². The fourth-order valence-electron chi connectivity index (χ4n) is 8.43. The zero-order valence-electron chi connectivity index (χ0n) is 46.2. The van der Waals surface area contributed by atoms with Gasteiger partial charge < -0.3 is 28.6 Å². The number of likely N-dealkylation sites (N-methyl/N-ethyl adjacent to an activating group) is 1. The predicted molar refractivity (Wildman–Crippen MR) is 296 cm³/mol. The summed E-state index contributed by atoms with van der Waals surface area (Å²) in [6.07, 6.45) is 68.1. The van der Waals surface area contributed by atoms with Crippen molar-refractivity contribution in [3.8, 4) is 0 Å². The molecule has 0 aromatic carbocycles. The lowest BCUT2D eigenvalue weighted by Gasteiger charge is -2.34. The van der Waals surface area contributed by atoms with E-state index in [1.54, 1.807) is 21.1 Å². The molecule has 0 rings (SSSR count). The third-order valence-corrected chi connectivity index (χ3v) is 12.9. The van der Waals surface area contributed by atoms with Crippen LogP contribution in [0, 0.1) is 0 Å². The number of quaternary nitrogens is 1. The summed E-state index contributed by atoms with van der Waals surface area (Å²) in [4.78, 5) is 37.2. The van der Waals surface area contributed by atoms with Crippen LogP contribution >= 0.6 is 0 Å². The zero-order chi connectivity index (χ0) is 51.3. The summed E-state index contributed by atoms with van der Waals surface area (Å²) in [6.45, 7) is 4.56. The third kappa shape index (κ3) is 49.7. The lowest BCUT2D eigenvalue weighted by molar-refractivity contribution is -0.889. The van der Waals surface area contributed by atoms with E-state index in [0.29, 0.717) is 6.42 Å². The molecule has 0 aromatic heterocycles. The van der Waals surface area contributed by atoms with E-state index in [2.05, 4.69) is 86.8 Å². The maximum absolute atomic E-state index is 12.8. The van der Waals surface area contributed by atoms with E-state index in [4.69, 9.17) is 14.2 Å². The van der Waals surface area contributed by atoms with E-state index < -0.39 is 18.1 Å². The molecule has 2 unspecified atom stereocenters. The molecular weight excluding hydrogens is 871 g/mol. The zero-order valence-corrected chi connectivity index (χ0v) is 46.2. The summed E-state index contributed by atoms with van der Waals surface area (Å²) in [5.74, 6) is -1.76. The first-order valence-corrected chi connectivity index (χ1v) is 29.0. The second-order valence-corrected chi connectivity index (χ2v) is 20.5. The van der Waals surface area contributed by atoms with Crippen LogP contribution in [0.3, 0.4) is 0 Å². The number of allylic oxidation sites excluding steroid dienone is 12. The molecule has 0 bridgehead atoms. The van der Waals surface area contributed by atoms with E-state index in [9.17, 15) is 19.5 Å². The van der Waals surface area contributed by atoms with Gasteiger partial charge in [0, 0.05) is 19.3 Å². The molecular formula is C62H109NO7. The molecule has 0 saturated heterocycles. The maximum Gasteiger partial charge on any atom is 0.306 e. The average molecular weight is 981 g/mol. The standard InChI is InChI=1S/C62H109NO7/c1-6-8-10-12-14-16-18-20-22-24-26-28-30-32-34-36-38-40-42-44-46-48-50-52-60(64)69-57-58(56-68-55-54-59(62(66)67)63(3,4)5)70-61(65)53-51-49-47-45-43-41-39-37-35-33-31-29-27-25-23-21-19-17-15-13-11-9-7-2/h9,11,15,17,21,23,27,29,33,35,39,41,58-59H,6-8,10,12-14,16,18-20,22,24-26,28,30-32,34,36-38,40,42-57H2,1-5H3/b11-9+,17-15+,23-21+,29-27+,35-33+,41-39+. The number of esters is 2. The Bertz CT molecular complexity index is 1370. The van der Waals surface area contributed by atoms with E-state index in [-0.39, 0.29) is 49.1 Å². The molecule has 0 aromatic rings. The lowest BCUT2D eigenvalue weighted by atomic mass is 10.0. The monoisotopic (exact) mass is 980 g/mol. The second-order valence-electron chi connectivity index (χ2n) is 20.5. The SMILES string of the molecule is CC/C=C/C/C=C/C/C=C/C/C=C/C/C=C/C/C=C/CCCCCCC(=O)OC(COCCC(C(=O)[O-])[N+](C)(C)C)COC(=O)CCCCCCCCCCCCCCCCCCCCCCCCC. The lowest BCUT2D eigenvalue weighted by Crippen LogP contribution is -2.55. The van der Waals surface area contributed by atoms with Crippen LogP contribution in [-0.4, -0.2) is 75.5 Å². The summed E-state index contributed by atoms with van der Waals surface area (Å²) in [6, 6.07) is -0.734. The number of carboxylic acid groups (broad SMARTS) is 1. The Kier molecular flexibility index (Phi) is 49.7. The topological polar surface area (TPSA) is 102 Å². The molecule has 70 heavy (non-hydrogen) atoms. The van der Waals surface area contributed by atoms with E-state index in [1.807, 2.05) is 0 Å². The highest BCUT2D eigenvalue weighted by Gasteiger charge is 2.25. The number of carboxylic acids is 1. The molecule has 0 spiro atoms. The molecule has 0 aliphatic rings. The van der Waals surface area contributed by atoms with Crippen molar-refractivity contribution in [3.05, 3.63) is 72.9 Å². The van der Waals surface area contributed by atoms with Crippen molar-refractivity contribution in [3.63, 3.8) is 0 Å². The maximum atomic E-state index is 12.8. The van der Waals surface area contributed by atoms with Crippen LogP contribution in [0.4, 0.5) is 0 Å². The first-order chi connectivity index (χ1) is 34.1. The van der Waals surface area contributed by atoms with E-state index >= 15 is 0 Å². The van der Waals surface area contributed by atoms with Crippen LogP contribution in [0.5, 0.6) is 0 Å². The molecule has 8 nitrogen and oxygen atoms in total. The fraction of sp³-hybridized carbons (Fsp3) is 0.758. The second kappa shape index (κ2) is 52.1. The highest BCUT2D eigenvalue weighted by atomic mass is 16.6. The highest BCUT2D eigenvalue weighted by molar-refractivity contribution is 5.70. The molecule has 404 valence electrons. The van der Waals surface area contributed by atoms with Crippen LogP contribution in [-0.2, 0) is 28.6 Å². The first kappa shape index (κ1) is 66.8. The number of unbranched alkanes of at least 4 members (excludes halogenated alkanes) is 26. The molecule has 0 heterocycles. The number of hydrogen-bond acceptors (Lipinski definition) is 7. The van der Waals surface area contributed by atoms with E-state index in [1.165, 1.54) is 128 Å². The number of carbonyl (C=O) groups is 3. The number of nitrogens with zero attached hydrogens (tertiary/aromatic N) is 1. The summed E-state index contributed by atoms with van der Waals surface area (Å²) in [5.41, 5.74) is 0. The highest BCUT2D eigenvalue weighted by Crippen LogP contribution is 2.17. The molecule has 0 amide bonds. The number of aliphatic carboxylic acids is 1. The van der Waals surface area contributed by atoms with Crippen molar-refractivity contribution >= 4 is 17.9 Å². The van der Waals surface area contributed by atoms with Gasteiger partial charge in [-0.2, -0.15) is 0 Å². The van der Waals surface area contributed by atoms with E-state index in [0.717, 1.165) is 89.9 Å². The summed E-state index contributed by atoms with van der Waals surface area (Å²) in [7, 11) is 5.41. The molecule has 0 aliphatic heterocycles. The van der Waals surface area contributed by atoms with Crippen molar-refractivity contribution < 1.29 is 38.2 Å². The minimum absolute atomic E-state index is 0.0291. The molecule has 0 aliphatic carbocycles. The van der Waals surface area contributed by atoms with Gasteiger partial charge in [-0.25, -0.2) is 0 Å². The summed E-state index contributed by atoms with van der Waals surface area (Å²) >= 11 is 0. The third-order valence-electron chi connectivity index (χ3n) is 12.9. The van der Waals surface area contributed by atoms with Gasteiger partial charge in [-0.05, 0) is 64.2 Å². The van der Waals surface area contributed by atoms with Crippen LogP contribution in [0.15, 0.2) is 72.9 Å². The summed E-state index contributed by atoms with van der Waals surface area (Å²) < 4.78 is 17.3. The van der Waals surface area contributed by atoms with Gasteiger partial charge in [0.25, 0.3) is 0 Å². The van der Waals surface area contributed by atoms with Gasteiger partial charge in [-0.1, -0.05) is 241 Å². The molecule has 0 saturated carbocycles. The van der Waals surface area contributed by atoms with Gasteiger partial charge in [0.05, 0.1) is 40.3 Å². The fourth-order valence-corrected chi connectivity index (χ4v) is 8.43. The minimum Gasteiger partial charge on any atom is -0.544 e. The average Bonchev–Trinajstić information content (AvgIpc) is 3.33. The quantitative estimate of drug-likeness (QED) is 0.0259. The number of ether oxygens (including phenoxy) is 3. The van der Waals surface area contributed by atoms with Crippen molar-refractivity contribution in [2.24, 2.45) is 0 Å². The van der Waals surface area contributed by atoms with Crippen molar-refractivity contribution in [2.75, 3.05) is 41.0 Å². The number of carbonyl (C=O) groups excluding carboxylic acids is 3. The van der Waals surface area contributed by atoms with Gasteiger partial charge in [0.15, 0.2) is 6.10 Å². The Labute approximate surface area is 431 Å². The number of hydrogen-bond donors (Lipinski definition) is 0. The van der Waals surface area contributed by atoms with Gasteiger partial charge in [0.2, 0.25) is 0 Å². The largest absolute Gasteiger partial charge is 0.544 e. The van der Waals surface area contributed by atoms with Gasteiger partial charge in [0.1, 0.15) is 12.6 Å². The van der Waals surface area contributed by atoms with Gasteiger partial charge >= 0.3 is 11.9 Å². The molecule has 2 atom stereocenters. The predicted octanol–water partition coefficient (Wildman–Crippen LogP) is 16.1. The van der Waals surface area contributed by atoms with Crippen LogP contribution < -0.4 is 5.11 Å². The minimum atomic E-state index is -1.13. The van der Waals surface area contributed by atoms with Gasteiger partial charge in [-0.15, -0.1) is 0 Å². The molecule has 0 N–H and O–H groups in total. The first-order valence-electron chi connectivity index (χ1n) is 29.0. The van der Waals surface area contributed by atoms with Crippen LogP contribution in [0.1, 0.15) is 251 Å². The Morgan fingerprint density at radius 1 is 0.443 bits per heavy atom. The Balaban J connectivity index is 4.21. The Hall–Kier alpha value is -3.23. The Morgan fingerprint density at radius 2 is 0.800 bits per heavy atom. The molecule has 8 heteroatoms. The van der Waals surface area contributed by atoms with Crippen molar-refractivity contribution in [2.45, 2.75) is 264 Å². The van der Waals surface area contributed by atoms with Crippen LogP contribution in [0.25, 0.3) is 0 Å².